The predicted octanol–water partition coefficient (Wildman–Crippen LogP) is 3.94. The van der Waals surface area contributed by atoms with Crippen LogP contribution >= 0.6 is 11.3 Å². The van der Waals surface area contributed by atoms with Crippen LogP contribution in [-0.4, -0.2) is 48.1 Å². The number of amides is 1. The number of aromatic nitrogens is 1. The van der Waals surface area contributed by atoms with Crippen LogP contribution in [0.1, 0.15) is 38.1 Å². The molecule has 0 saturated carbocycles. The molecule has 2 aliphatic rings. The third-order valence-electron chi connectivity index (χ3n) is 6.02. The van der Waals surface area contributed by atoms with Gasteiger partial charge in [-0.3, -0.25) is 14.5 Å². The molecule has 1 saturated heterocycles. The number of rotatable bonds is 4. The van der Waals surface area contributed by atoms with Gasteiger partial charge in [0.1, 0.15) is 23.9 Å². The summed E-state index contributed by atoms with van der Waals surface area (Å²) in [5.41, 5.74) is 2.18. The van der Waals surface area contributed by atoms with E-state index < -0.39 is 23.7 Å². The average molecular weight is 507 g/mol. The molecule has 3 heterocycles. The molecular weight excluding hydrogens is 484 g/mol. The molecule has 1 fully saturated rings. The van der Waals surface area contributed by atoms with Crippen LogP contribution in [0.5, 0.6) is 11.5 Å². The summed E-state index contributed by atoms with van der Waals surface area (Å²) in [5, 5.41) is 11.5. The lowest BCUT2D eigenvalue weighted by Crippen LogP contribution is -2.29. The summed E-state index contributed by atoms with van der Waals surface area (Å²) in [4.78, 5) is 44.7. The SMILES string of the molecule is COC(=O)c1sc(N2C(=O)C(=O)C(=C(O)c3ccc4c(c3)OCCO4)C2c2ccc(C)cc2)nc1C. The highest BCUT2D eigenvalue weighted by Crippen LogP contribution is 2.44. The summed E-state index contributed by atoms with van der Waals surface area (Å²) in [7, 11) is 1.26. The summed E-state index contributed by atoms with van der Waals surface area (Å²) in [5.74, 6) is -1.69. The highest BCUT2D eigenvalue weighted by molar-refractivity contribution is 7.17. The molecular formula is C26H22N2O7S. The Hall–Kier alpha value is -4.18. The Morgan fingerprint density at radius 3 is 2.47 bits per heavy atom. The Labute approximate surface area is 210 Å². The van der Waals surface area contributed by atoms with E-state index in [1.165, 1.54) is 12.0 Å². The zero-order valence-corrected chi connectivity index (χ0v) is 20.5. The summed E-state index contributed by atoms with van der Waals surface area (Å²) in [6.45, 7) is 4.32. The molecule has 5 rings (SSSR count). The minimum Gasteiger partial charge on any atom is -0.507 e. The van der Waals surface area contributed by atoms with Gasteiger partial charge in [-0.15, -0.1) is 0 Å². The van der Waals surface area contributed by atoms with Crippen LogP contribution in [0.4, 0.5) is 5.13 Å². The first kappa shape index (κ1) is 23.6. The van der Waals surface area contributed by atoms with Gasteiger partial charge in [-0.25, -0.2) is 9.78 Å². The summed E-state index contributed by atoms with van der Waals surface area (Å²) < 4.78 is 16.0. The summed E-state index contributed by atoms with van der Waals surface area (Å²) >= 11 is 0.951. The molecule has 36 heavy (non-hydrogen) atoms. The molecule has 1 aromatic heterocycles. The van der Waals surface area contributed by atoms with Gasteiger partial charge in [-0.1, -0.05) is 41.2 Å². The molecule has 1 atom stereocenters. The minimum atomic E-state index is -0.963. The summed E-state index contributed by atoms with van der Waals surface area (Å²) in [6, 6.07) is 11.1. The van der Waals surface area contributed by atoms with Gasteiger partial charge in [-0.05, 0) is 37.6 Å². The third kappa shape index (κ3) is 3.89. The van der Waals surface area contributed by atoms with Gasteiger partial charge >= 0.3 is 11.9 Å². The van der Waals surface area contributed by atoms with E-state index in [-0.39, 0.29) is 21.3 Å². The van der Waals surface area contributed by atoms with Crippen molar-refractivity contribution in [2.45, 2.75) is 19.9 Å². The van der Waals surface area contributed by atoms with Gasteiger partial charge < -0.3 is 19.3 Å². The van der Waals surface area contributed by atoms with E-state index in [1.807, 2.05) is 19.1 Å². The average Bonchev–Trinajstić information content (AvgIpc) is 3.40. The van der Waals surface area contributed by atoms with Crippen molar-refractivity contribution in [3.63, 3.8) is 0 Å². The Kier molecular flexibility index (Phi) is 5.97. The topological polar surface area (TPSA) is 115 Å². The number of hydrogen-bond donors (Lipinski definition) is 1. The van der Waals surface area contributed by atoms with Gasteiger partial charge in [0.05, 0.1) is 24.4 Å². The van der Waals surface area contributed by atoms with E-state index in [0.717, 1.165) is 16.9 Å². The number of carbonyl (C=O) groups excluding carboxylic acids is 3. The third-order valence-corrected chi connectivity index (χ3v) is 7.15. The highest BCUT2D eigenvalue weighted by Gasteiger charge is 2.48. The number of aliphatic hydroxyl groups is 1. The minimum absolute atomic E-state index is 0.0898. The molecule has 3 aromatic rings. The molecule has 184 valence electrons. The zero-order chi connectivity index (χ0) is 25.6. The number of esters is 1. The second-order valence-electron chi connectivity index (χ2n) is 8.34. The van der Waals surface area contributed by atoms with E-state index in [0.29, 0.717) is 41.5 Å². The largest absolute Gasteiger partial charge is 0.507 e. The number of methoxy groups -OCH3 is 1. The van der Waals surface area contributed by atoms with Gasteiger partial charge in [-0.2, -0.15) is 0 Å². The lowest BCUT2D eigenvalue weighted by atomic mass is 9.94. The number of ether oxygens (including phenoxy) is 3. The van der Waals surface area contributed by atoms with Crippen LogP contribution in [-0.2, 0) is 14.3 Å². The molecule has 10 heteroatoms. The van der Waals surface area contributed by atoms with Crippen LogP contribution in [0.3, 0.4) is 0 Å². The number of hydrogen-bond acceptors (Lipinski definition) is 9. The fourth-order valence-electron chi connectivity index (χ4n) is 4.21. The van der Waals surface area contributed by atoms with Crippen LogP contribution in [0.25, 0.3) is 5.76 Å². The number of anilines is 1. The van der Waals surface area contributed by atoms with Crippen molar-refractivity contribution < 1.29 is 33.7 Å². The van der Waals surface area contributed by atoms with Gasteiger partial charge in [0, 0.05) is 5.56 Å². The first-order chi connectivity index (χ1) is 17.3. The second kappa shape index (κ2) is 9.12. The van der Waals surface area contributed by atoms with Gasteiger partial charge in [0.25, 0.3) is 5.78 Å². The van der Waals surface area contributed by atoms with Crippen LogP contribution in [0.15, 0.2) is 48.0 Å². The standard InChI is InChI=1S/C26H22N2O7S/c1-13-4-6-15(7-5-13)20-19(21(29)16-8-9-17-18(12-16)35-11-10-34-17)22(30)24(31)28(20)26-27-14(2)23(36-26)25(32)33-3/h4-9,12,20,29H,10-11H2,1-3H3. The van der Waals surface area contributed by atoms with E-state index in [9.17, 15) is 19.5 Å². The Bertz CT molecular complexity index is 1420. The van der Waals surface area contributed by atoms with Crippen LogP contribution in [0, 0.1) is 13.8 Å². The number of nitrogens with zero attached hydrogens (tertiary/aromatic N) is 2. The molecule has 0 bridgehead atoms. The van der Waals surface area contributed by atoms with E-state index in [4.69, 9.17) is 14.2 Å². The number of benzene rings is 2. The van der Waals surface area contributed by atoms with Crippen molar-refractivity contribution in [3.05, 3.63) is 75.3 Å². The molecule has 2 aromatic carbocycles. The fourth-order valence-corrected chi connectivity index (χ4v) is 5.22. The Balaban J connectivity index is 1.68. The monoisotopic (exact) mass is 506 g/mol. The number of carbonyl (C=O) groups is 3. The number of thiazole rings is 1. The zero-order valence-electron chi connectivity index (χ0n) is 19.7. The smallest absolute Gasteiger partial charge is 0.350 e. The quantitative estimate of drug-likeness (QED) is 0.245. The van der Waals surface area contributed by atoms with Crippen molar-refractivity contribution >= 4 is 39.9 Å². The molecule has 1 amide bonds. The maximum absolute atomic E-state index is 13.3. The van der Waals surface area contributed by atoms with Gasteiger partial charge in [0.15, 0.2) is 16.6 Å². The van der Waals surface area contributed by atoms with Crippen molar-refractivity contribution in [3.8, 4) is 11.5 Å². The van der Waals surface area contributed by atoms with Crippen LogP contribution in [0.2, 0.25) is 0 Å². The van der Waals surface area contributed by atoms with Crippen LogP contribution < -0.4 is 14.4 Å². The molecule has 9 nitrogen and oxygen atoms in total. The number of aryl methyl sites for hydroxylation is 2. The second-order valence-corrected chi connectivity index (χ2v) is 9.32. The molecule has 0 spiro atoms. The van der Waals surface area contributed by atoms with Crippen molar-refractivity contribution in [2.75, 3.05) is 25.2 Å². The maximum Gasteiger partial charge on any atom is 0.350 e. The van der Waals surface area contributed by atoms with E-state index >= 15 is 0 Å². The van der Waals surface area contributed by atoms with Crippen molar-refractivity contribution in [1.82, 2.24) is 4.98 Å². The Morgan fingerprint density at radius 1 is 1.08 bits per heavy atom. The maximum atomic E-state index is 13.3. The van der Waals surface area contributed by atoms with E-state index in [2.05, 4.69) is 4.98 Å². The Morgan fingerprint density at radius 2 is 1.78 bits per heavy atom. The molecule has 2 aliphatic heterocycles. The first-order valence-electron chi connectivity index (χ1n) is 11.1. The number of aliphatic hydroxyl groups excluding tert-OH is 1. The number of fused-ring (bicyclic) bond motifs is 1. The number of Topliss-reactive ketones (excluding diaryl/α,β-unsaturated/α-hetero) is 1. The lowest BCUT2D eigenvalue weighted by molar-refractivity contribution is -0.132. The lowest BCUT2D eigenvalue weighted by Gasteiger charge is -2.23. The van der Waals surface area contributed by atoms with Crippen molar-refractivity contribution in [1.29, 1.82) is 0 Å². The molecule has 1 unspecified atom stereocenters. The first-order valence-corrected chi connectivity index (χ1v) is 11.9. The molecule has 1 N–H and O–H groups in total. The highest BCUT2D eigenvalue weighted by atomic mass is 32.1. The normalized spacial score (nSPS) is 18.4. The summed E-state index contributed by atoms with van der Waals surface area (Å²) in [6.07, 6.45) is 0. The van der Waals surface area contributed by atoms with Gasteiger partial charge in [0.2, 0.25) is 0 Å². The predicted molar refractivity (Wildman–Crippen MR) is 132 cm³/mol. The van der Waals surface area contributed by atoms with Crippen molar-refractivity contribution in [2.24, 2.45) is 0 Å². The van der Waals surface area contributed by atoms with E-state index in [1.54, 1.807) is 37.3 Å². The molecule has 0 radical (unpaired) electrons. The molecule has 0 aliphatic carbocycles. The number of ketones is 1. The fraction of sp³-hybridized carbons (Fsp3) is 0.231.